The standard InChI is InChI=1S/C14H20FN6O6P/c1-2-25-9(23)4-18-28(24)26-5-7-3-8(22)13(27-7)21-6-17-10-11(16)19-14(15)20-12(10)21/h6-8,13,18,22,24H,2-5H2,1H3,(H2,16,19,20). The number of aromatic nitrogens is 4. The zero-order valence-electron chi connectivity index (χ0n) is 14.9. The number of carbonyl (C=O) groups is 1. The number of halogens is 1. The molecule has 12 nitrogen and oxygen atoms in total. The van der Waals surface area contributed by atoms with Gasteiger partial charge in [0.2, 0.25) is 0 Å². The molecule has 1 aliphatic rings. The number of nitrogen functional groups attached to an aromatic ring is 1. The smallest absolute Gasteiger partial charge is 0.320 e. The number of hydrogen-bond donors (Lipinski definition) is 4. The van der Waals surface area contributed by atoms with Crippen molar-refractivity contribution in [2.24, 2.45) is 0 Å². The molecule has 154 valence electrons. The van der Waals surface area contributed by atoms with Crippen molar-refractivity contribution in [3.05, 3.63) is 12.4 Å². The van der Waals surface area contributed by atoms with E-state index in [1.54, 1.807) is 6.92 Å². The fourth-order valence-corrected chi connectivity index (χ4v) is 3.39. The Morgan fingerprint density at radius 2 is 2.36 bits per heavy atom. The van der Waals surface area contributed by atoms with E-state index >= 15 is 0 Å². The molecular weight excluding hydrogens is 398 g/mol. The van der Waals surface area contributed by atoms with Crippen LogP contribution in [0, 0.1) is 6.08 Å². The Morgan fingerprint density at radius 3 is 3.11 bits per heavy atom. The van der Waals surface area contributed by atoms with Crippen molar-refractivity contribution in [2.75, 3.05) is 25.5 Å². The van der Waals surface area contributed by atoms with Gasteiger partial charge in [-0.3, -0.25) is 9.36 Å². The maximum Gasteiger partial charge on any atom is 0.320 e. The quantitative estimate of drug-likeness (QED) is 0.250. The first kappa shape index (κ1) is 20.7. The molecule has 4 atom stereocenters. The molecule has 4 unspecified atom stereocenters. The number of hydrogen-bond acceptors (Lipinski definition) is 11. The zero-order chi connectivity index (χ0) is 20.3. The number of nitrogens with two attached hydrogens (primary N) is 1. The summed E-state index contributed by atoms with van der Waals surface area (Å²) in [7, 11) is -2.07. The number of esters is 1. The molecule has 0 saturated carbocycles. The van der Waals surface area contributed by atoms with Gasteiger partial charge in [0.05, 0.1) is 25.6 Å². The lowest BCUT2D eigenvalue weighted by atomic mass is 10.2. The van der Waals surface area contributed by atoms with E-state index in [2.05, 4.69) is 20.0 Å². The van der Waals surface area contributed by atoms with Crippen molar-refractivity contribution in [3.8, 4) is 0 Å². The second-order valence-electron chi connectivity index (χ2n) is 5.86. The van der Waals surface area contributed by atoms with Crippen LogP contribution in [0.5, 0.6) is 0 Å². The summed E-state index contributed by atoms with van der Waals surface area (Å²) in [5.74, 6) is -0.632. The van der Waals surface area contributed by atoms with Crippen molar-refractivity contribution in [1.29, 1.82) is 0 Å². The van der Waals surface area contributed by atoms with Gasteiger partial charge in [-0.1, -0.05) is 0 Å². The van der Waals surface area contributed by atoms with E-state index in [1.165, 1.54) is 10.9 Å². The van der Waals surface area contributed by atoms with Gasteiger partial charge in [-0.2, -0.15) is 14.4 Å². The minimum atomic E-state index is -2.07. The predicted octanol–water partition coefficient (Wildman–Crippen LogP) is -0.416. The molecule has 2 aromatic rings. The van der Waals surface area contributed by atoms with Crippen LogP contribution in [0.15, 0.2) is 6.33 Å². The average molecular weight is 418 g/mol. The first-order valence-corrected chi connectivity index (χ1v) is 9.60. The largest absolute Gasteiger partial charge is 0.465 e. The number of aliphatic hydroxyl groups excluding tert-OH is 1. The Balaban J connectivity index is 1.57. The van der Waals surface area contributed by atoms with Gasteiger partial charge in [-0.05, 0) is 6.92 Å². The summed E-state index contributed by atoms with van der Waals surface area (Å²) in [6.45, 7) is 1.68. The fraction of sp³-hybridized carbons (Fsp3) is 0.571. The molecule has 0 aromatic carbocycles. The Morgan fingerprint density at radius 1 is 1.57 bits per heavy atom. The molecule has 0 aliphatic carbocycles. The van der Waals surface area contributed by atoms with E-state index in [1.807, 2.05) is 0 Å². The lowest BCUT2D eigenvalue weighted by Crippen LogP contribution is -2.23. The van der Waals surface area contributed by atoms with E-state index in [0.717, 1.165) is 0 Å². The van der Waals surface area contributed by atoms with Crippen LogP contribution < -0.4 is 10.8 Å². The van der Waals surface area contributed by atoms with Crippen molar-refractivity contribution in [1.82, 2.24) is 24.6 Å². The molecule has 0 amide bonds. The van der Waals surface area contributed by atoms with Crippen molar-refractivity contribution < 1.29 is 33.2 Å². The lowest BCUT2D eigenvalue weighted by molar-refractivity contribution is -0.141. The summed E-state index contributed by atoms with van der Waals surface area (Å²) in [4.78, 5) is 32.1. The molecule has 1 aliphatic heterocycles. The molecule has 2 aromatic heterocycles. The zero-order valence-corrected chi connectivity index (χ0v) is 15.8. The van der Waals surface area contributed by atoms with Crippen LogP contribution in [0.3, 0.4) is 0 Å². The van der Waals surface area contributed by atoms with Gasteiger partial charge in [0.15, 0.2) is 23.2 Å². The lowest BCUT2D eigenvalue weighted by Gasteiger charge is -2.17. The van der Waals surface area contributed by atoms with E-state index in [0.29, 0.717) is 0 Å². The van der Waals surface area contributed by atoms with E-state index < -0.39 is 39.0 Å². The van der Waals surface area contributed by atoms with Gasteiger partial charge in [0, 0.05) is 6.42 Å². The molecule has 1 saturated heterocycles. The minimum Gasteiger partial charge on any atom is -0.465 e. The van der Waals surface area contributed by atoms with Crippen molar-refractivity contribution in [3.63, 3.8) is 0 Å². The highest BCUT2D eigenvalue weighted by Crippen LogP contribution is 2.34. The second-order valence-corrected chi connectivity index (χ2v) is 6.98. The van der Waals surface area contributed by atoms with Gasteiger partial charge in [0.1, 0.15) is 12.6 Å². The van der Waals surface area contributed by atoms with Crippen LogP contribution >= 0.6 is 8.53 Å². The molecular formula is C14H20FN6O6P. The van der Waals surface area contributed by atoms with Crippen molar-refractivity contribution >= 4 is 31.5 Å². The normalized spacial score (nSPS) is 23.2. The van der Waals surface area contributed by atoms with Gasteiger partial charge in [-0.25, -0.2) is 10.1 Å². The van der Waals surface area contributed by atoms with Crippen LogP contribution in [0.2, 0.25) is 0 Å². The maximum atomic E-state index is 13.5. The van der Waals surface area contributed by atoms with Gasteiger partial charge < -0.3 is 29.7 Å². The van der Waals surface area contributed by atoms with E-state index in [-0.39, 0.29) is 43.2 Å². The van der Waals surface area contributed by atoms with Crippen LogP contribution in [0.4, 0.5) is 10.2 Å². The van der Waals surface area contributed by atoms with E-state index in [9.17, 15) is 19.2 Å². The number of aliphatic hydroxyl groups is 1. The molecule has 1 fully saturated rings. The molecule has 3 heterocycles. The van der Waals surface area contributed by atoms with Gasteiger partial charge >= 0.3 is 12.0 Å². The topological polar surface area (TPSA) is 167 Å². The maximum absolute atomic E-state index is 13.5. The summed E-state index contributed by atoms with van der Waals surface area (Å²) >= 11 is 0. The van der Waals surface area contributed by atoms with Crippen LogP contribution in [-0.4, -0.2) is 67.5 Å². The Hall–Kier alpha value is -2.02. The third kappa shape index (κ3) is 4.69. The monoisotopic (exact) mass is 418 g/mol. The second kappa shape index (κ2) is 8.99. The SMILES string of the molecule is CCOC(=O)CNP(O)OCC1CC(O)C(n2cnc3c(N)nc(F)nc32)O1. The van der Waals surface area contributed by atoms with Crippen molar-refractivity contribution in [2.45, 2.75) is 31.8 Å². The number of fused-ring (bicyclic) bond motifs is 1. The molecule has 0 spiro atoms. The van der Waals surface area contributed by atoms with E-state index in [4.69, 9.17) is 19.7 Å². The first-order valence-electron chi connectivity index (χ1n) is 8.39. The summed E-state index contributed by atoms with van der Waals surface area (Å²) in [6.07, 6.45) is -1.87. The number of nitrogens with zero attached hydrogens (tertiary/aromatic N) is 4. The summed E-state index contributed by atoms with van der Waals surface area (Å²) in [5.41, 5.74) is 5.91. The molecule has 3 rings (SSSR count). The number of imidazole rings is 1. The Kier molecular flexibility index (Phi) is 6.65. The predicted molar refractivity (Wildman–Crippen MR) is 94.0 cm³/mol. The number of ether oxygens (including phenoxy) is 2. The number of rotatable bonds is 8. The molecule has 28 heavy (non-hydrogen) atoms. The number of carbonyl (C=O) groups excluding carboxylic acids is 1. The van der Waals surface area contributed by atoms with Gasteiger partial charge in [0.25, 0.3) is 8.53 Å². The van der Waals surface area contributed by atoms with Crippen LogP contribution in [0.25, 0.3) is 11.2 Å². The average Bonchev–Trinajstić information content (AvgIpc) is 3.21. The minimum absolute atomic E-state index is 0.0380. The first-order chi connectivity index (χ1) is 13.4. The molecule has 0 radical (unpaired) electrons. The highest BCUT2D eigenvalue weighted by molar-refractivity contribution is 7.43. The highest BCUT2D eigenvalue weighted by Gasteiger charge is 2.37. The summed E-state index contributed by atoms with van der Waals surface area (Å²) in [6, 6.07) is 0. The summed E-state index contributed by atoms with van der Waals surface area (Å²) < 4.78 is 30.5. The van der Waals surface area contributed by atoms with Gasteiger partial charge in [-0.15, -0.1) is 0 Å². The Bertz CT molecular complexity index is 840. The highest BCUT2D eigenvalue weighted by atomic mass is 31.2. The third-order valence-corrected chi connectivity index (χ3v) is 4.73. The van der Waals surface area contributed by atoms with Crippen LogP contribution in [0.1, 0.15) is 19.6 Å². The Labute approximate surface area is 159 Å². The number of anilines is 1. The molecule has 0 bridgehead atoms. The number of nitrogens with one attached hydrogen (secondary N) is 1. The summed E-state index contributed by atoms with van der Waals surface area (Å²) in [5, 5.41) is 12.8. The third-order valence-electron chi connectivity index (χ3n) is 3.91. The molecule has 14 heteroatoms. The molecule has 5 N–H and O–H groups in total. The fourth-order valence-electron chi connectivity index (χ4n) is 2.73. The van der Waals surface area contributed by atoms with Crippen LogP contribution in [-0.2, 0) is 18.8 Å².